The Morgan fingerprint density at radius 1 is 0.821 bits per heavy atom. The van der Waals surface area contributed by atoms with Gasteiger partial charge in [0.15, 0.2) is 11.6 Å². The van der Waals surface area contributed by atoms with Gasteiger partial charge in [-0.2, -0.15) is 9.97 Å². The van der Waals surface area contributed by atoms with Crippen molar-refractivity contribution < 1.29 is 0 Å². The van der Waals surface area contributed by atoms with Crippen LogP contribution in [0.1, 0.15) is 25.2 Å². The van der Waals surface area contributed by atoms with E-state index in [-0.39, 0.29) is 0 Å². The lowest BCUT2D eigenvalue weighted by Gasteiger charge is -2.11. The van der Waals surface area contributed by atoms with E-state index in [2.05, 4.69) is 72.9 Å². The summed E-state index contributed by atoms with van der Waals surface area (Å²) < 4.78 is 2.11. The molecule has 0 amide bonds. The Balaban J connectivity index is 1.83. The molecule has 0 saturated carbocycles. The third-order valence-electron chi connectivity index (χ3n) is 6.39. The number of hydrogen-bond acceptors (Lipinski definition) is 3. The number of benzene rings is 3. The SMILES string of the molecule is C=C/C=C(\C=C)c1nc(-c2ccccc2)nc(-n2c3ccccc3c3cc(C(/C=C\C)=C/C(=C)C)ccc32)n1. The van der Waals surface area contributed by atoms with Gasteiger partial charge in [-0.1, -0.05) is 116 Å². The summed E-state index contributed by atoms with van der Waals surface area (Å²) >= 11 is 0. The van der Waals surface area contributed by atoms with Crippen molar-refractivity contribution >= 4 is 33.0 Å². The molecule has 5 rings (SSSR count). The molecule has 0 N–H and O–H groups in total. The summed E-state index contributed by atoms with van der Waals surface area (Å²) in [5.41, 5.74) is 6.95. The molecule has 5 aromatic rings. The molecule has 0 radical (unpaired) electrons. The molecule has 0 atom stereocenters. The van der Waals surface area contributed by atoms with E-state index in [1.807, 2.05) is 62.4 Å². The van der Waals surface area contributed by atoms with Crippen LogP contribution in [0.2, 0.25) is 0 Å². The summed E-state index contributed by atoms with van der Waals surface area (Å²) in [6.45, 7) is 15.9. The standard InChI is InChI=1S/C35H30N4/c1-6-14-25(8-3)33-36-34(26-16-10-9-11-17-26)38-35(37-33)39-31-19-13-12-18-29(31)30-23-28(20-21-32(30)39)27(15-7-2)22-24(4)5/h6-23H,1,3-4H2,2,5H3/b15-7-,25-14+,27-22+. The van der Waals surface area contributed by atoms with Crippen LogP contribution < -0.4 is 0 Å². The average Bonchev–Trinajstić information content (AvgIpc) is 3.29. The molecule has 2 aromatic heterocycles. The molecule has 2 heterocycles. The van der Waals surface area contributed by atoms with Crippen LogP contribution in [-0.4, -0.2) is 19.5 Å². The molecule has 0 aliphatic carbocycles. The van der Waals surface area contributed by atoms with Crippen LogP contribution in [0.15, 0.2) is 135 Å². The number of hydrogen-bond donors (Lipinski definition) is 0. The first-order chi connectivity index (χ1) is 19.0. The number of para-hydroxylation sites is 1. The molecule has 0 saturated heterocycles. The van der Waals surface area contributed by atoms with Gasteiger partial charge in [0.25, 0.3) is 0 Å². The third kappa shape index (κ3) is 5.05. The fourth-order valence-corrected chi connectivity index (χ4v) is 4.71. The second kappa shape index (κ2) is 11.1. The van der Waals surface area contributed by atoms with Crippen molar-refractivity contribution in [2.45, 2.75) is 13.8 Å². The van der Waals surface area contributed by atoms with Gasteiger partial charge in [0.1, 0.15) is 0 Å². The summed E-state index contributed by atoms with van der Waals surface area (Å²) in [5.74, 6) is 1.67. The van der Waals surface area contributed by atoms with Crippen LogP contribution >= 0.6 is 0 Å². The lowest BCUT2D eigenvalue weighted by Crippen LogP contribution is -2.07. The van der Waals surface area contributed by atoms with Gasteiger partial charge in [0.05, 0.1) is 11.0 Å². The maximum atomic E-state index is 4.97. The highest BCUT2D eigenvalue weighted by Crippen LogP contribution is 2.34. The highest BCUT2D eigenvalue weighted by molar-refractivity contribution is 6.10. The van der Waals surface area contributed by atoms with Crippen molar-refractivity contribution in [3.63, 3.8) is 0 Å². The molecule has 39 heavy (non-hydrogen) atoms. The minimum Gasteiger partial charge on any atom is -0.278 e. The van der Waals surface area contributed by atoms with E-state index >= 15 is 0 Å². The van der Waals surface area contributed by atoms with Crippen LogP contribution in [0, 0.1) is 0 Å². The molecule has 3 aromatic carbocycles. The van der Waals surface area contributed by atoms with Crippen LogP contribution in [-0.2, 0) is 0 Å². The van der Waals surface area contributed by atoms with E-state index in [0.717, 1.165) is 49.7 Å². The van der Waals surface area contributed by atoms with Gasteiger partial charge in [-0.15, -0.1) is 0 Å². The largest absolute Gasteiger partial charge is 0.278 e. The van der Waals surface area contributed by atoms with E-state index < -0.39 is 0 Å². The van der Waals surface area contributed by atoms with E-state index in [4.69, 9.17) is 15.0 Å². The van der Waals surface area contributed by atoms with Crippen LogP contribution in [0.4, 0.5) is 0 Å². The lowest BCUT2D eigenvalue weighted by atomic mass is 10.0. The normalized spacial score (nSPS) is 12.4. The maximum absolute atomic E-state index is 4.97. The topological polar surface area (TPSA) is 43.6 Å². The molecule has 190 valence electrons. The Bertz CT molecular complexity index is 1810. The van der Waals surface area contributed by atoms with Gasteiger partial charge in [-0.05, 0) is 43.2 Å². The molecule has 0 spiro atoms. The Kier molecular flexibility index (Phi) is 7.28. The van der Waals surface area contributed by atoms with Crippen molar-refractivity contribution in [1.29, 1.82) is 0 Å². The number of nitrogens with zero attached hydrogens (tertiary/aromatic N) is 4. The maximum Gasteiger partial charge on any atom is 0.238 e. The second-order valence-electron chi connectivity index (χ2n) is 9.24. The van der Waals surface area contributed by atoms with Gasteiger partial charge in [-0.3, -0.25) is 4.57 Å². The minimum atomic E-state index is 0.538. The predicted molar refractivity (Wildman–Crippen MR) is 166 cm³/mol. The highest BCUT2D eigenvalue weighted by atomic mass is 15.2. The average molecular weight is 507 g/mol. The van der Waals surface area contributed by atoms with E-state index in [9.17, 15) is 0 Å². The first kappa shape index (κ1) is 25.6. The summed E-state index contributed by atoms with van der Waals surface area (Å²) in [4.78, 5) is 14.7. The first-order valence-corrected chi connectivity index (χ1v) is 12.8. The summed E-state index contributed by atoms with van der Waals surface area (Å²) in [6, 6.07) is 24.8. The monoisotopic (exact) mass is 506 g/mol. The fraction of sp³-hybridized carbons (Fsp3) is 0.0571. The number of fused-ring (bicyclic) bond motifs is 3. The molecule has 0 unspecified atom stereocenters. The van der Waals surface area contributed by atoms with Gasteiger partial charge in [-0.25, -0.2) is 4.98 Å². The van der Waals surface area contributed by atoms with Crippen molar-refractivity contribution in [3.8, 4) is 17.3 Å². The van der Waals surface area contributed by atoms with Gasteiger partial charge >= 0.3 is 0 Å². The molecule has 0 fully saturated rings. The van der Waals surface area contributed by atoms with Crippen molar-refractivity contribution in [1.82, 2.24) is 19.5 Å². The number of allylic oxidation sites excluding steroid dienone is 9. The second-order valence-corrected chi connectivity index (χ2v) is 9.24. The number of aromatic nitrogens is 4. The highest BCUT2D eigenvalue weighted by Gasteiger charge is 2.18. The molecule has 0 bridgehead atoms. The summed E-state index contributed by atoms with van der Waals surface area (Å²) in [6.07, 6.45) is 11.6. The van der Waals surface area contributed by atoms with E-state index in [1.165, 1.54) is 0 Å². The van der Waals surface area contributed by atoms with Crippen LogP contribution in [0.3, 0.4) is 0 Å². The van der Waals surface area contributed by atoms with Crippen LogP contribution in [0.25, 0.3) is 50.3 Å². The summed E-state index contributed by atoms with van der Waals surface area (Å²) in [5, 5.41) is 2.24. The first-order valence-electron chi connectivity index (χ1n) is 12.8. The zero-order valence-corrected chi connectivity index (χ0v) is 22.3. The number of rotatable bonds is 8. The van der Waals surface area contributed by atoms with Crippen molar-refractivity contribution in [2.75, 3.05) is 0 Å². The Morgan fingerprint density at radius 3 is 2.28 bits per heavy atom. The Labute approximate surface area is 229 Å². The van der Waals surface area contributed by atoms with Crippen molar-refractivity contribution in [2.24, 2.45) is 0 Å². The molecule has 0 aliphatic heterocycles. The summed E-state index contributed by atoms with van der Waals surface area (Å²) in [7, 11) is 0. The van der Waals surface area contributed by atoms with Crippen molar-refractivity contribution in [3.05, 3.63) is 146 Å². The van der Waals surface area contributed by atoms with Gasteiger partial charge in [0, 0.05) is 21.9 Å². The third-order valence-corrected chi connectivity index (χ3v) is 6.39. The van der Waals surface area contributed by atoms with Gasteiger partial charge in [0.2, 0.25) is 5.95 Å². The van der Waals surface area contributed by atoms with Crippen LogP contribution in [0.5, 0.6) is 0 Å². The molecule has 0 aliphatic rings. The zero-order valence-electron chi connectivity index (χ0n) is 22.3. The van der Waals surface area contributed by atoms with Gasteiger partial charge < -0.3 is 0 Å². The quantitative estimate of drug-likeness (QED) is 0.197. The predicted octanol–water partition coefficient (Wildman–Crippen LogP) is 8.93. The molecule has 4 heteroatoms. The Morgan fingerprint density at radius 2 is 1.56 bits per heavy atom. The fourth-order valence-electron chi connectivity index (χ4n) is 4.71. The lowest BCUT2D eigenvalue weighted by molar-refractivity contribution is 0.932. The Hall–Kier alpha value is -5.09. The molecular formula is C35H30N4. The molecule has 4 nitrogen and oxygen atoms in total. The molecular weight excluding hydrogens is 476 g/mol. The zero-order chi connectivity index (χ0) is 27.4. The smallest absolute Gasteiger partial charge is 0.238 e. The minimum absolute atomic E-state index is 0.538. The van der Waals surface area contributed by atoms with E-state index in [1.54, 1.807) is 12.2 Å². The van der Waals surface area contributed by atoms with E-state index in [0.29, 0.717) is 17.6 Å².